The molecule has 35 heavy (non-hydrogen) atoms. The van der Waals surface area contributed by atoms with E-state index in [2.05, 4.69) is 26.3 Å². The number of hydrogen-bond donors (Lipinski definition) is 1. The summed E-state index contributed by atoms with van der Waals surface area (Å²) in [4.78, 5) is 29.1. The molecule has 1 fully saturated rings. The van der Waals surface area contributed by atoms with Crippen molar-refractivity contribution in [3.8, 4) is 11.9 Å². The summed E-state index contributed by atoms with van der Waals surface area (Å²) in [6.07, 6.45) is 5.68. The monoisotopic (exact) mass is 474 g/mol. The van der Waals surface area contributed by atoms with Gasteiger partial charge in [0.15, 0.2) is 0 Å². The lowest BCUT2D eigenvalue weighted by molar-refractivity contribution is -0.00621. The number of hydrogen-bond acceptors (Lipinski definition) is 8. The number of carbonyl (C=O) groups is 1. The maximum atomic E-state index is 13.6. The zero-order valence-corrected chi connectivity index (χ0v) is 20.5. The summed E-state index contributed by atoms with van der Waals surface area (Å²) in [6, 6.07) is 9.36. The number of morpholine rings is 1. The number of methoxy groups -OCH3 is 1. The Morgan fingerprint density at radius 2 is 2.03 bits per heavy atom. The van der Waals surface area contributed by atoms with Crippen LogP contribution in [0.15, 0.2) is 47.3 Å². The highest BCUT2D eigenvalue weighted by molar-refractivity contribution is 5.98. The predicted molar refractivity (Wildman–Crippen MR) is 132 cm³/mol. The van der Waals surface area contributed by atoms with E-state index in [0.29, 0.717) is 49.9 Å². The number of pyridine rings is 2. The van der Waals surface area contributed by atoms with E-state index in [0.717, 1.165) is 16.8 Å². The summed E-state index contributed by atoms with van der Waals surface area (Å²) in [5, 5.41) is 12.8. The van der Waals surface area contributed by atoms with Gasteiger partial charge in [-0.3, -0.25) is 19.7 Å². The number of nitrogens with one attached hydrogen (secondary N) is 1. The van der Waals surface area contributed by atoms with Gasteiger partial charge in [0.2, 0.25) is 5.88 Å². The van der Waals surface area contributed by atoms with Crippen LogP contribution in [0.1, 0.15) is 48.8 Å². The van der Waals surface area contributed by atoms with Crippen molar-refractivity contribution in [1.82, 2.24) is 20.2 Å². The first-order valence-electron chi connectivity index (χ1n) is 11.6. The third-order valence-electron chi connectivity index (χ3n) is 6.50. The van der Waals surface area contributed by atoms with Gasteiger partial charge in [-0.15, -0.1) is 0 Å². The molecule has 4 rings (SSSR count). The number of rotatable bonds is 6. The molecule has 1 saturated heterocycles. The Balaban J connectivity index is 1.68. The fourth-order valence-corrected chi connectivity index (χ4v) is 4.27. The SMILES string of the molecule is COc1ccc(C2=C(C)N=CC(NC(=O)c3ccnc(C(C)(C)C#N)c3)(N3CCOCC3)C2)cn1. The molecular weight excluding hydrogens is 444 g/mol. The van der Waals surface area contributed by atoms with E-state index in [9.17, 15) is 10.1 Å². The van der Waals surface area contributed by atoms with Crippen molar-refractivity contribution >= 4 is 17.7 Å². The lowest BCUT2D eigenvalue weighted by Crippen LogP contribution is -2.65. The fourth-order valence-electron chi connectivity index (χ4n) is 4.27. The van der Waals surface area contributed by atoms with Crippen LogP contribution in [0.25, 0.3) is 5.57 Å². The first-order valence-corrected chi connectivity index (χ1v) is 11.6. The minimum Gasteiger partial charge on any atom is -0.481 e. The van der Waals surface area contributed by atoms with Crippen LogP contribution in [0.5, 0.6) is 5.88 Å². The van der Waals surface area contributed by atoms with Crippen molar-refractivity contribution in [2.75, 3.05) is 33.4 Å². The topological polar surface area (TPSA) is 113 Å². The van der Waals surface area contributed by atoms with Gasteiger partial charge >= 0.3 is 0 Å². The number of ether oxygens (including phenoxy) is 2. The van der Waals surface area contributed by atoms with Crippen molar-refractivity contribution in [1.29, 1.82) is 5.26 Å². The number of amides is 1. The molecule has 1 amide bonds. The Kier molecular flexibility index (Phi) is 6.96. The van der Waals surface area contributed by atoms with Gasteiger partial charge in [-0.1, -0.05) is 0 Å². The Morgan fingerprint density at radius 3 is 2.69 bits per heavy atom. The van der Waals surface area contributed by atoms with Gasteiger partial charge in [0.25, 0.3) is 5.91 Å². The van der Waals surface area contributed by atoms with Crippen LogP contribution in [-0.2, 0) is 10.2 Å². The molecule has 0 spiro atoms. The van der Waals surface area contributed by atoms with E-state index < -0.39 is 11.1 Å². The van der Waals surface area contributed by atoms with Gasteiger partial charge in [0, 0.05) is 55.4 Å². The van der Waals surface area contributed by atoms with Crippen molar-refractivity contribution in [2.24, 2.45) is 4.99 Å². The highest BCUT2D eigenvalue weighted by Gasteiger charge is 2.41. The third kappa shape index (κ3) is 5.09. The van der Waals surface area contributed by atoms with Gasteiger partial charge in [-0.05, 0) is 50.1 Å². The average molecular weight is 475 g/mol. The number of allylic oxidation sites excluding steroid dienone is 1. The number of nitriles is 1. The van der Waals surface area contributed by atoms with Crippen LogP contribution in [0.3, 0.4) is 0 Å². The fraction of sp³-hybridized carbons (Fsp3) is 0.423. The molecule has 2 aliphatic rings. The van der Waals surface area contributed by atoms with Crippen molar-refractivity contribution in [3.05, 3.63) is 59.2 Å². The first kappa shape index (κ1) is 24.5. The molecule has 9 heteroatoms. The molecule has 0 radical (unpaired) electrons. The summed E-state index contributed by atoms with van der Waals surface area (Å²) < 4.78 is 10.8. The number of nitrogens with zero attached hydrogens (tertiary/aromatic N) is 5. The van der Waals surface area contributed by atoms with E-state index in [-0.39, 0.29) is 5.91 Å². The van der Waals surface area contributed by atoms with Crippen LogP contribution < -0.4 is 10.1 Å². The van der Waals surface area contributed by atoms with Crippen molar-refractivity contribution in [2.45, 2.75) is 38.3 Å². The number of aromatic nitrogens is 2. The van der Waals surface area contributed by atoms with Gasteiger partial charge in [0.05, 0.1) is 37.5 Å². The van der Waals surface area contributed by atoms with Gasteiger partial charge in [-0.25, -0.2) is 4.98 Å². The van der Waals surface area contributed by atoms with Crippen LogP contribution in [0.4, 0.5) is 0 Å². The van der Waals surface area contributed by atoms with Crippen molar-refractivity contribution in [3.63, 3.8) is 0 Å². The van der Waals surface area contributed by atoms with Gasteiger partial charge in [-0.2, -0.15) is 5.26 Å². The van der Waals surface area contributed by atoms with Crippen LogP contribution >= 0.6 is 0 Å². The molecule has 1 N–H and O–H groups in total. The average Bonchev–Trinajstić information content (AvgIpc) is 2.90. The Hall–Kier alpha value is -3.61. The molecule has 2 aromatic heterocycles. The van der Waals surface area contributed by atoms with Crippen LogP contribution in [0.2, 0.25) is 0 Å². The van der Waals surface area contributed by atoms with E-state index >= 15 is 0 Å². The Labute approximate surface area is 205 Å². The zero-order valence-electron chi connectivity index (χ0n) is 20.5. The molecule has 0 aromatic carbocycles. The molecule has 0 aliphatic carbocycles. The van der Waals surface area contributed by atoms with E-state index in [1.165, 1.54) is 0 Å². The Morgan fingerprint density at radius 1 is 1.26 bits per heavy atom. The second kappa shape index (κ2) is 9.94. The lowest BCUT2D eigenvalue weighted by atomic mass is 9.89. The van der Waals surface area contributed by atoms with Crippen LogP contribution in [-0.4, -0.2) is 66.1 Å². The van der Waals surface area contributed by atoms with Crippen molar-refractivity contribution < 1.29 is 14.3 Å². The van der Waals surface area contributed by atoms with Crippen LogP contribution in [0, 0.1) is 11.3 Å². The molecule has 9 nitrogen and oxygen atoms in total. The number of carbonyl (C=O) groups excluding carboxylic acids is 1. The lowest BCUT2D eigenvalue weighted by Gasteiger charge is -2.45. The normalized spacial score (nSPS) is 20.9. The smallest absolute Gasteiger partial charge is 0.253 e. The molecule has 0 bridgehead atoms. The van der Waals surface area contributed by atoms with Gasteiger partial charge in [0.1, 0.15) is 5.66 Å². The van der Waals surface area contributed by atoms with E-state index in [4.69, 9.17) is 14.5 Å². The first-order chi connectivity index (χ1) is 16.8. The maximum Gasteiger partial charge on any atom is 0.253 e. The number of aliphatic imine (C=N–C) groups is 1. The second-order valence-electron chi connectivity index (χ2n) is 9.23. The summed E-state index contributed by atoms with van der Waals surface area (Å²) in [6.45, 7) is 7.98. The highest BCUT2D eigenvalue weighted by atomic mass is 16.5. The quantitative estimate of drug-likeness (QED) is 0.685. The molecular formula is C26H30N6O3. The minimum absolute atomic E-state index is 0.257. The highest BCUT2D eigenvalue weighted by Crippen LogP contribution is 2.34. The standard InChI is InChI=1S/C26H30N6O3/c1-18-21(20-5-6-23(34-4)29-15-20)14-26(17-30-18,32-9-11-35-12-10-32)31-24(33)19-7-8-28-22(13-19)25(2,3)16-27/h5-8,13,15,17H,9-12,14H2,1-4H3,(H,31,33). The largest absolute Gasteiger partial charge is 0.481 e. The maximum absolute atomic E-state index is 13.6. The molecule has 2 aliphatic heterocycles. The van der Waals surface area contributed by atoms with E-state index in [1.54, 1.807) is 45.5 Å². The summed E-state index contributed by atoms with van der Waals surface area (Å²) in [5.74, 6) is 0.278. The summed E-state index contributed by atoms with van der Waals surface area (Å²) in [5.41, 5.74) is 2.13. The molecule has 1 atom stereocenters. The van der Waals surface area contributed by atoms with E-state index in [1.807, 2.05) is 25.3 Å². The second-order valence-corrected chi connectivity index (χ2v) is 9.23. The predicted octanol–water partition coefficient (Wildman–Crippen LogP) is 2.95. The molecule has 1 unspecified atom stereocenters. The zero-order chi connectivity index (χ0) is 25.1. The molecule has 182 valence electrons. The molecule has 4 heterocycles. The van der Waals surface area contributed by atoms with Gasteiger partial charge < -0.3 is 14.8 Å². The minimum atomic E-state index is -0.843. The molecule has 2 aromatic rings. The Bertz CT molecular complexity index is 1190. The molecule has 0 saturated carbocycles. The summed E-state index contributed by atoms with van der Waals surface area (Å²) >= 11 is 0. The summed E-state index contributed by atoms with van der Waals surface area (Å²) in [7, 11) is 1.58. The third-order valence-corrected chi connectivity index (χ3v) is 6.50.